The third kappa shape index (κ3) is 6.50. The normalized spacial score (nSPS) is 17.3. The Morgan fingerprint density at radius 2 is 1.70 bits per heavy atom. The van der Waals surface area contributed by atoms with Gasteiger partial charge in [0.15, 0.2) is 0 Å². The van der Waals surface area contributed by atoms with Crippen LogP contribution in [0.2, 0.25) is 0 Å². The van der Waals surface area contributed by atoms with Crippen LogP contribution in [0.3, 0.4) is 0 Å². The molecule has 1 atom stereocenters. The van der Waals surface area contributed by atoms with Crippen LogP contribution in [0.1, 0.15) is 17.5 Å². The fourth-order valence-corrected chi connectivity index (χ4v) is 7.42. The van der Waals surface area contributed by atoms with E-state index >= 15 is 0 Å². The molecule has 4 aromatic rings. The van der Waals surface area contributed by atoms with Gasteiger partial charge in [-0.15, -0.1) is 0 Å². The summed E-state index contributed by atoms with van der Waals surface area (Å²) in [6, 6.07) is 25.2. The van der Waals surface area contributed by atoms with E-state index in [0.717, 1.165) is 31.3 Å². The predicted octanol–water partition coefficient (Wildman–Crippen LogP) is 6.88. The molecule has 0 amide bonds. The number of halogens is 3. The third-order valence-electron chi connectivity index (χ3n) is 7.78. The quantitative estimate of drug-likeness (QED) is 0.207. The van der Waals surface area contributed by atoms with Crippen molar-refractivity contribution in [3.63, 3.8) is 0 Å². The number of fused-ring (bicyclic) bond motifs is 1. The molecule has 4 aromatic carbocycles. The Kier molecular flexibility index (Phi) is 8.07. The molecule has 0 radical (unpaired) electrons. The molecule has 6 rings (SSSR count). The minimum Gasteiger partial charge on any atom is -0.486 e. The summed E-state index contributed by atoms with van der Waals surface area (Å²) in [5.41, 5.74) is 3.05. The molecule has 1 saturated heterocycles. The molecule has 224 valence electrons. The molecular weight excluding hydrogens is 577 g/mol. The standard InChI is InChI=1S/C33H31F3N2O4S/c1-22-6-5-9-30(12-22)43(39,40)38-21-29(13-24-19-37(20-24)18-23-7-3-2-4-8-23)41-32-11-10-25(16-31(32)38)26-14-27(34)17-28(15-26)42-33(35)36/h2-12,14-17,24,29,33H,13,18-21H2,1H3/t29-/m0/s1. The van der Waals surface area contributed by atoms with Gasteiger partial charge in [0.05, 0.1) is 17.1 Å². The molecule has 0 aromatic heterocycles. The number of alkyl halides is 2. The molecule has 0 aliphatic carbocycles. The van der Waals surface area contributed by atoms with Crippen molar-refractivity contribution in [3.8, 4) is 22.6 Å². The molecule has 0 spiro atoms. The highest BCUT2D eigenvalue weighted by molar-refractivity contribution is 7.92. The van der Waals surface area contributed by atoms with Crippen molar-refractivity contribution in [2.45, 2.75) is 37.5 Å². The highest BCUT2D eigenvalue weighted by Crippen LogP contribution is 2.42. The van der Waals surface area contributed by atoms with Gasteiger partial charge in [0.25, 0.3) is 10.0 Å². The Labute approximate surface area is 249 Å². The van der Waals surface area contributed by atoms with Crippen LogP contribution in [-0.2, 0) is 16.6 Å². The molecule has 0 unspecified atom stereocenters. The molecule has 1 fully saturated rings. The second-order valence-electron chi connectivity index (χ2n) is 11.1. The summed E-state index contributed by atoms with van der Waals surface area (Å²) >= 11 is 0. The second kappa shape index (κ2) is 11.9. The van der Waals surface area contributed by atoms with Gasteiger partial charge >= 0.3 is 6.61 Å². The van der Waals surface area contributed by atoms with Gasteiger partial charge in [0.1, 0.15) is 23.4 Å². The van der Waals surface area contributed by atoms with E-state index in [0.29, 0.717) is 29.3 Å². The van der Waals surface area contributed by atoms with Gasteiger partial charge in [-0.1, -0.05) is 48.5 Å². The summed E-state index contributed by atoms with van der Waals surface area (Å²) < 4.78 is 80.2. The lowest BCUT2D eigenvalue weighted by Crippen LogP contribution is -2.50. The molecule has 0 saturated carbocycles. The molecule has 2 aliphatic heterocycles. The Bertz CT molecular complexity index is 1710. The van der Waals surface area contributed by atoms with Crippen molar-refractivity contribution in [2.24, 2.45) is 5.92 Å². The average molecular weight is 609 g/mol. The highest BCUT2D eigenvalue weighted by atomic mass is 32.2. The number of hydrogen-bond donors (Lipinski definition) is 0. The number of ether oxygens (including phenoxy) is 2. The molecular formula is C33H31F3N2O4S. The number of sulfonamides is 1. The minimum atomic E-state index is -3.99. The monoisotopic (exact) mass is 608 g/mol. The number of hydrogen-bond acceptors (Lipinski definition) is 5. The molecule has 0 N–H and O–H groups in total. The zero-order chi connectivity index (χ0) is 30.1. The Morgan fingerprint density at radius 3 is 2.44 bits per heavy atom. The fourth-order valence-electron chi connectivity index (χ4n) is 5.81. The van der Waals surface area contributed by atoms with Crippen molar-refractivity contribution in [3.05, 3.63) is 108 Å². The highest BCUT2D eigenvalue weighted by Gasteiger charge is 2.38. The maximum absolute atomic E-state index is 14.3. The second-order valence-corrected chi connectivity index (χ2v) is 13.0. The van der Waals surface area contributed by atoms with E-state index in [9.17, 15) is 21.6 Å². The lowest BCUT2D eigenvalue weighted by Gasteiger charge is -2.43. The first kappa shape index (κ1) is 29.1. The number of likely N-dealkylation sites (tertiary alicyclic amines) is 1. The zero-order valence-corrected chi connectivity index (χ0v) is 24.3. The van der Waals surface area contributed by atoms with Crippen LogP contribution in [0.25, 0.3) is 11.1 Å². The maximum atomic E-state index is 14.3. The van der Waals surface area contributed by atoms with Gasteiger partial charge in [-0.05, 0) is 77.9 Å². The van der Waals surface area contributed by atoms with Crippen LogP contribution in [0, 0.1) is 18.7 Å². The van der Waals surface area contributed by atoms with Crippen LogP contribution in [-0.4, -0.2) is 45.7 Å². The summed E-state index contributed by atoms with van der Waals surface area (Å²) in [5.74, 6) is -0.339. The van der Waals surface area contributed by atoms with Crippen LogP contribution in [0.5, 0.6) is 11.5 Å². The van der Waals surface area contributed by atoms with Crippen molar-refractivity contribution in [2.75, 3.05) is 23.9 Å². The van der Waals surface area contributed by atoms with E-state index in [1.54, 1.807) is 36.4 Å². The summed E-state index contributed by atoms with van der Waals surface area (Å²) in [6.07, 6.45) is 0.312. The number of rotatable bonds is 9. The van der Waals surface area contributed by atoms with Gasteiger partial charge in [0, 0.05) is 25.7 Å². The molecule has 43 heavy (non-hydrogen) atoms. The number of aryl methyl sites for hydroxylation is 1. The third-order valence-corrected chi connectivity index (χ3v) is 9.55. The Hall–Kier alpha value is -4.02. The molecule has 0 bridgehead atoms. The summed E-state index contributed by atoms with van der Waals surface area (Å²) in [7, 11) is -3.99. The molecule has 6 nitrogen and oxygen atoms in total. The van der Waals surface area contributed by atoms with Gasteiger partial charge in [-0.25, -0.2) is 12.8 Å². The van der Waals surface area contributed by atoms with E-state index in [-0.39, 0.29) is 28.9 Å². The van der Waals surface area contributed by atoms with Gasteiger partial charge in [-0.2, -0.15) is 8.78 Å². The van der Waals surface area contributed by atoms with Crippen molar-refractivity contribution in [1.82, 2.24) is 4.90 Å². The van der Waals surface area contributed by atoms with Gasteiger partial charge in [0.2, 0.25) is 0 Å². The average Bonchev–Trinajstić information content (AvgIpc) is 2.95. The first-order chi connectivity index (χ1) is 20.6. The largest absolute Gasteiger partial charge is 0.486 e. The molecule has 2 aliphatic rings. The van der Waals surface area contributed by atoms with Crippen LogP contribution >= 0.6 is 0 Å². The van der Waals surface area contributed by atoms with Crippen LogP contribution in [0.15, 0.2) is 95.9 Å². The first-order valence-electron chi connectivity index (χ1n) is 14.1. The van der Waals surface area contributed by atoms with E-state index < -0.39 is 22.5 Å². The maximum Gasteiger partial charge on any atom is 0.387 e. The van der Waals surface area contributed by atoms with Gasteiger partial charge in [-0.3, -0.25) is 9.21 Å². The topological polar surface area (TPSA) is 59.1 Å². The zero-order valence-electron chi connectivity index (χ0n) is 23.5. The number of nitrogens with zero attached hydrogens (tertiary/aromatic N) is 2. The predicted molar refractivity (Wildman–Crippen MR) is 158 cm³/mol. The van der Waals surface area contributed by atoms with Crippen LogP contribution < -0.4 is 13.8 Å². The lowest BCUT2D eigenvalue weighted by atomic mass is 9.92. The van der Waals surface area contributed by atoms with Gasteiger partial charge < -0.3 is 9.47 Å². The minimum absolute atomic E-state index is 0.102. The van der Waals surface area contributed by atoms with E-state index in [1.165, 1.54) is 22.0 Å². The summed E-state index contributed by atoms with van der Waals surface area (Å²) in [6.45, 7) is 1.48. The van der Waals surface area contributed by atoms with Crippen molar-refractivity contribution < 1.29 is 31.1 Å². The van der Waals surface area contributed by atoms with E-state index in [4.69, 9.17) is 4.74 Å². The Balaban J connectivity index is 1.28. The van der Waals surface area contributed by atoms with Crippen molar-refractivity contribution >= 4 is 15.7 Å². The van der Waals surface area contributed by atoms with E-state index in [2.05, 4.69) is 21.8 Å². The number of anilines is 1. The summed E-state index contributed by atoms with van der Waals surface area (Å²) in [4.78, 5) is 2.51. The number of benzene rings is 4. The lowest BCUT2D eigenvalue weighted by molar-refractivity contribution is -0.0499. The SMILES string of the molecule is Cc1cccc(S(=O)(=O)N2C[C@H](CC3CN(Cc4ccccc4)C3)Oc3ccc(-c4cc(F)cc(OC(F)F)c4)cc32)c1. The summed E-state index contributed by atoms with van der Waals surface area (Å²) in [5, 5.41) is 0. The van der Waals surface area contributed by atoms with E-state index in [1.807, 2.05) is 31.2 Å². The molecule has 2 heterocycles. The smallest absolute Gasteiger partial charge is 0.387 e. The van der Waals surface area contributed by atoms with Crippen molar-refractivity contribution in [1.29, 1.82) is 0 Å². The Morgan fingerprint density at radius 1 is 0.907 bits per heavy atom. The van der Waals surface area contributed by atoms with Crippen LogP contribution in [0.4, 0.5) is 18.9 Å². The molecule has 10 heteroatoms. The fraction of sp³-hybridized carbons (Fsp3) is 0.273. The first-order valence-corrected chi connectivity index (χ1v) is 15.5.